The van der Waals surface area contributed by atoms with E-state index in [4.69, 9.17) is 0 Å². The molecular formula is C21H20N6O2. The molecule has 4 aromatic rings. The van der Waals surface area contributed by atoms with Gasteiger partial charge in [-0.25, -0.2) is 4.98 Å². The van der Waals surface area contributed by atoms with Crippen molar-refractivity contribution in [3.63, 3.8) is 0 Å². The van der Waals surface area contributed by atoms with Crippen LogP contribution in [-0.4, -0.2) is 37.5 Å². The van der Waals surface area contributed by atoms with E-state index >= 15 is 0 Å². The van der Waals surface area contributed by atoms with Crippen LogP contribution >= 0.6 is 0 Å². The molecule has 0 radical (unpaired) electrons. The highest BCUT2D eigenvalue weighted by Gasteiger charge is 2.22. The van der Waals surface area contributed by atoms with E-state index in [2.05, 4.69) is 20.7 Å². The monoisotopic (exact) mass is 388 g/mol. The zero-order valence-corrected chi connectivity index (χ0v) is 16.1. The number of fused-ring (bicyclic) bond motifs is 1. The molecule has 2 amide bonds. The average molecular weight is 388 g/mol. The Labute approximate surface area is 167 Å². The molecule has 0 aliphatic carbocycles. The number of anilines is 1. The zero-order chi connectivity index (χ0) is 20.4. The van der Waals surface area contributed by atoms with Crippen LogP contribution in [0.3, 0.4) is 0 Å². The Hall–Kier alpha value is -3.94. The summed E-state index contributed by atoms with van der Waals surface area (Å²) in [6, 6.07) is 13.4. The Kier molecular flexibility index (Phi) is 4.82. The third kappa shape index (κ3) is 3.60. The van der Waals surface area contributed by atoms with Gasteiger partial charge in [0, 0.05) is 43.3 Å². The number of rotatable bonds is 5. The third-order valence-electron chi connectivity index (χ3n) is 4.52. The van der Waals surface area contributed by atoms with Crippen LogP contribution in [0.15, 0.2) is 61.1 Å². The van der Waals surface area contributed by atoms with Gasteiger partial charge in [0.15, 0.2) is 0 Å². The largest absolute Gasteiger partial charge is 0.352 e. The molecule has 0 aliphatic rings. The fraction of sp³-hybridized carbons (Fsp3) is 0.143. The lowest BCUT2D eigenvalue weighted by molar-refractivity contribution is 0.0940. The molecule has 1 aromatic carbocycles. The molecule has 3 aromatic heterocycles. The maximum Gasteiger partial charge on any atom is 0.274 e. The van der Waals surface area contributed by atoms with E-state index in [9.17, 15) is 9.59 Å². The maximum absolute atomic E-state index is 12.8. The number of imidazole rings is 1. The molecule has 0 atom stereocenters. The summed E-state index contributed by atoms with van der Waals surface area (Å²) in [5, 5.41) is 9.57. The summed E-state index contributed by atoms with van der Waals surface area (Å²) < 4.78 is 3.28. The molecular weight excluding hydrogens is 368 g/mol. The topological polar surface area (TPSA) is 93.3 Å². The van der Waals surface area contributed by atoms with Crippen molar-refractivity contribution in [2.24, 2.45) is 7.05 Å². The van der Waals surface area contributed by atoms with Gasteiger partial charge in [-0.2, -0.15) is 5.10 Å². The molecule has 3 heterocycles. The molecule has 0 unspecified atom stereocenters. The molecule has 0 fully saturated rings. The zero-order valence-electron chi connectivity index (χ0n) is 16.1. The number of aromatic nitrogens is 4. The lowest BCUT2D eigenvalue weighted by Crippen LogP contribution is -2.26. The molecule has 146 valence electrons. The predicted octanol–water partition coefficient (Wildman–Crippen LogP) is 2.74. The van der Waals surface area contributed by atoms with E-state index < -0.39 is 5.91 Å². The van der Waals surface area contributed by atoms with Crippen molar-refractivity contribution in [1.29, 1.82) is 0 Å². The van der Waals surface area contributed by atoms with Gasteiger partial charge >= 0.3 is 0 Å². The van der Waals surface area contributed by atoms with Gasteiger partial charge < -0.3 is 15.0 Å². The molecule has 2 N–H and O–H groups in total. The van der Waals surface area contributed by atoms with Gasteiger partial charge in [0.05, 0.1) is 17.5 Å². The molecule has 4 rings (SSSR count). The van der Waals surface area contributed by atoms with Crippen LogP contribution in [0, 0.1) is 0 Å². The van der Waals surface area contributed by atoms with E-state index in [1.54, 1.807) is 19.2 Å². The fourth-order valence-corrected chi connectivity index (χ4v) is 3.13. The minimum absolute atomic E-state index is 0.198. The molecule has 0 aliphatic heterocycles. The van der Waals surface area contributed by atoms with Crippen molar-refractivity contribution in [2.75, 3.05) is 11.9 Å². The number of pyridine rings is 1. The summed E-state index contributed by atoms with van der Waals surface area (Å²) in [4.78, 5) is 29.6. The number of carbonyl (C=O) groups excluding carboxylic acids is 2. The molecule has 8 nitrogen and oxygen atoms in total. The smallest absolute Gasteiger partial charge is 0.274 e. The molecule has 0 bridgehead atoms. The predicted molar refractivity (Wildman–Crippen MR) is 110 cm³/mol. The third-order valence-corrected chi connectivity index (χ3v) is 4.52. The van der Waals surface area contributed by atoms with Crippen LogP contribution in [0.25, 0.3) is 16.9 Å². The summed E-state index contributed by atoms with van der Waals surface area (Å²) in [6.45, 7) is 2.28. The maximum atomic E-state index is 12.8. The van der Waals surface area contributed by atoms with Gasteiger partial charge in [0.2, 0.25) is 0 Å². The minimum atomic E-state index is -0.412. The Balaban J connectivity index is 1.61. The van der Waals surface area contributed by atoms with Gasteiger partial charge in [0.25, 0.3) is 11.8 Å². The first-order chi connectivity index (χ1) is 14.1. The van der Waals surface area contributed by atoms with Crippen molar-refractivity contribution in [2.45, 2.75) is 6.92 Å². The van der Waals surface area contributed by atoms with Crippen LogP contribution in [0.1, 0.15) is 27.8 Å². The molecule has 29 heavy (non-hydrogen) atoms. The lowest BCUT2D eigenvalue weighted by atomic mass is 10.2. The number of aryl methyl sites for hydroxylation is 1. The van der Waals surface area contributed by atoms with Gasteiger partial charge in [-0.1, -0.05) is 30.3 Å². The fourth-order valence-electron chi connectivity index (χ4n) is 3.13. The lowest BCUT2D eigenvalue weighted by Gasteiger charge is -2.08. The number of amides is 2. The first kappa shape index (κ1) is 18.4. The standard InChI is InChI=1S/C21H20N6O2/c1-3-22-20(28)16-12-23-26(2)19(16)21(29)24-15-9-10-27-13-17(25-18(27)11-15)14-7-5-4-6-8-14/h4-13H,3H2,1-2H3,(H,22,28)(H,24,29). The summed E-state index contributed by atoms with van der Waals surface area (Å²) in [7, 11) is 1.63. The van der Waals surface area contributed by atoms with Crippen LogP contribution < -0.4 is 10.6 Å². The molecule has 0 spiro atoms. The molecule has 8 heteroatoms. The van der Waals surface area contributed by atoms with E-state index in [0.717, 1.165) is 11.3 Å². The van der Waals surface area contributed by atoms with Gasteiger partial charge in [-0.3, -0.25) is 14.3 Å². The summed E-state index contributed by atoms with van der Waals surface area (Å²) in [5.41, 5.74) is 3.58. The number of nitrogens with one attached hydrogen (secondary N) is 2. The number of hydrogen-bond acceptors (Lipinski definition) is 4. The summed E-state index contributed by atoms with van der Waals surface area (Å²) >= 11 is 0. The number of nitrogens with zero attached hydrogens (tertiary/aromatic N) is 4. The Bertz CT molecular complexity index is 1190. The highest BCUT2D eigenvalue weighted by Crippen LogP contribution is 2.21. The van der Waals surface area contributed by atoms with Crippen LogP contribution in [0.5, 0.6) is 0 Å². The van der Waals surface area contributed by atoms with Gasteiger partial charge in [-0.15, -0.1) is 0 Å². The molecule has 0 saturated carbocycles. The molecule has 0 saturated heterocycles. The Morgan fingerprint density at radius 1 is 1.10 bits per heavy atom. The van der Waals surface area contributed by atoms with E-state index in [0.29, 0.717) is 17.9 Å². The van der Waals surface area contributed by atoms with Crippen molar-refractivity contribution in [1.82, 2.24) is 24.5 Å². The van der Waals surface area contributed by atoms with E-state index in [-0.39, 0.29) is 17.2 Å². The van der Waals surface area contributed by atoms with Gasteiger partial charge in [-0.05, 0) is 13.0 Å². The summed E-state index contributed by atoms with van der Waals surface area (Å²) in [5.74, 6) is -0.743. The first-order valence-corrected chi connectivity index (χ1v) is 9.22. The quantitative estimate of drug-likeness (QED) is 0.550. The van der Waals surface area contributed by atoms with Crippen molar-refractivity contribution in [3.8, 4) is 11.3 Å². The number of hydrogen-bond donors (Lipinski definition) is 2. The SMILES string of the molecule is CCNC(=O)c1cnn(C)c1C(=O)Nc1ccn2cc(-c3ccccc3)nc2c1. The Morgan fingerprint density at radius 2 is 1.90 bits per heavy atom. The van der Waals surface area contributed by atoms with Crippen molar-refractivity contribution >= 4 is 23.1 Å². The van der Waals surface area contributed by atoms with Crippen molar-refractivity contribution in [3.05, 3.63) is 72.3 Å². The van der Waals surface area contributed by atoms with Gasteiger partial charge in [0.1, 0.15) is 11.3 Å². The van der Waals surface area contributed by atoms with E-state index in [1.807, 2.05) is 54.0 Å². The van der Waals surface area contributed by atoms with E-state index in [1.165, 1.54) is 10.9 Å². The highest BCUT2D eigenvalue weighted by molar-refractivity contribution is 6.11. The normalized spacial score (nSPS) is 10.8. The number of carbonyl (C=O) groups is 2. The first-order valence-electron chi connectivity index (χ1n) is 9.22. The second-order valence-corrected chi connectivity index (χ2v) is 6.52. The highest BCUT2D eigenvalue weighted by atomic mass is 16.2. The average Bonchev–Trinajstić information content (AvgIpc) is 3.32. The minimum Gasteiger partial charge on any atom is -0.352 e. The van der Waals surface area contributed by atoms with Crippen LogP contribution in [0.2, 0.25) is 0 Å². The Morgan fingerprint density at radius 3 is 2.66 bits per heavy atom. The van der Waals surface area contributed by atoms with Crippen LogP contribution in [0.4, 0.5) is 5.69 Å². The number of benzene rings is 1. The van der Waals surface area contributed by atoms with Crippen LogP contribution in [-0.2, 0) is 7.05 Å². The summed E-state index contributed by atoms with van der Waals surface area (Å²) in [6.07, 6.45) is 5.16. The second-order valence-electron chi connectivity index (χ2n) is 6.52. The second kappa shape index (κ2) is 7.59. The van der Waals surface area contributed by atoms with Crippen molar-refractivity contribution < 1.29 is 9.59 Å².